The van der Waals surface area contributed by atoms with Crippen LogP contribution in [0.5, 0.6) is 0 Å². The van der Waals surface area contributed by atoms with Crippen molar-refractivity contribution in [3.8, 4) is 10.6 Å². The van der Waals surface area contributed by atoms with Crippen LogP contribution >= 0.6 is 11.3 Å². The summed E-state index contributed by atoms with van der Waals surface area (Å²) in [6.07, 6.45) is 0. The fraction of sp³-hybridized carbons (Fsp3) is 0.188. The number of nitrogens with zero attached hydrogens (tertiary/aromatic N) is 1. The Bertz CT molecular complexity index is 728. The van der Waals surface area contributed by atoms with Crippen molar-refractivity contribution in [1.82, 2.24) is 9.88 Å². The summed E-state index contributed by atoms with van der Waals surface area (Å²) in [6, 6.07) is 14.5. The molecule has 3 aromatic rings. The zero-order valence-corrected chi connectivity index (χ0v) is 12.1. The van der Waals surface area contributed by atoms with Gasteiger partial charge in [0.2, 0.25) is 5.91 Å². The maximum atomic E-state index is 11.9. The maximum Gasteiger partial charge on any atom is 0.239 e. The molecule has 0 unspecified atom stereocenters. The van der Waals surface area contributed by atoms with E-state index in [9.17, 15) is 4.79 Å². The molecule has 0 bridgehead atoms. The molecule has 1 aromatic carbocycles. The molecule has 0 saturated carbocycles. The van der Waals surface area contributed by atoms with E-state index < -0.39 is 0 Å². The van der Waals surface area contributed by atoms with Crippen molar-refractivity contribution in [1.29, 1.82) is 0 Å². The molecule has 0 atom stereocenters. The van der Waals surface area contributed by atoms with Crippen LogP contribution in [0.2, 0.25) is 0 Å². The Kier molecular flexibility index (Phi) is 3.56. The van der Waals surface area contributed by atoms with E-state index in [1.54, 1.807) is 11.3 Å². The van der Waals surface area contributed by atoms with Crippen LogP contribution in [0.4, 0.5) is 0 Å². The van der Waals surface area contributed by atoms with Gasteiger partial charge in [0, 0.05) is 17.4 Å². The van der Waals surface area contributed by atoms with E-state index in [1.807, 2.05) is 25.1 Å². The number of benzene rings is 1. The molecule has 0 spiro atoms. The summed E-state index contributed by atoms with van der Waals surface area (Å²) >= 11 is 1.69. The Morgan fingerprint density at radius 1 is 1.25 bits per heavy atom. The van der Waals surface area contributed by atoms with Crippen molar-refractivity contribution in [2.24, 2.45) is 0 Å². The summed E-state index contributed by atoms with van der Waals surface area (Å²) < 4.78 is 2.09. The number of carbonyl (C=O) groups excluding carboxylic acids is 1. The van der Waals surface area contributed by atoms with E-state index in [0.717, 1.165) is 11.2 Å². The first kappa shape index (κ1) is 12.9. The molecule has 1 N–H and O–H groups in total. The number of rotatable bonds is 4. The molecule has 102 valence electrons. The van der Waals surface area contributed by atoms with Crippen molar-refractivity contribution in [3.63, 3.8) is 0 Å². The van der Waals surface area contributed by atoms with Crippen LogP contribution in [0.1, 0.15) is 6.92 Å². The number of fused-ring (bicyclic) bond motifs is 1. The van der Waals surface area contributed by atoms with Crippen LogP contribution in [0.25, 0.3) is 21.5 Å². The molecule has 0 saturated heterocycles. The van der Waals surface area contributed by atoms with E-state index in [1.165, 1.54) is 10.3 Å². The molecule has 3 rings (SSSR count). The second-order valence-electron chi connectivity index (χ2n) is 4.61. The van der Waals surface area contributed by atoms with Gasteiger partial charge >= 0.3 is 0 Å². The highest BCUT2D eigenvalue weighted by atomic mass is 32.1. The predicted molar refractivity (Wildman–Crippen MR) is 83.9 cm³/mol. The number of hydrogen-bond donors (Lipinski definition) is 1. The van der Waals surface area contributed by atoms with Crippen molar-refractivity contribution in [3.05, 3.63) is 47.8 Å². The third-order valence-corrected chi connectivity index (χ3v) is 4.15. The lowest BCUT2D eigenvalue weighted by Crippen LogP contribution is -2.27. The van der Waals surface area contributed by atoms with Crippen molar-refractivity contribution < 1.29 is 4.79 Å². The van der Waals surface area contributed by atoms with Gasteiger partial charge < -0.3 is 9.88 Å². The highest BCUT2D eigenvalue weighted by molar-refractivity contribution is 7.13. The first-order valence-electron chi connectivity index (χ1n) is 6.68. The van der Waals surface area contributed by atoms with Gasteiger partial charge in [-0.2, -0.15) is 0 Å². The molecule has 1 amide bonds. The lowest BCUT2D eigenvalue weighted by molar-refractivity contribution is -0.121. The van der Waals surface area contributed by atoms with E-state index >= 15 is 0 Å². The number of thiophene rings is 1. The topological polar surface area (TPSA) is 34.0 Å². The smallest absolute Gasteiger partial charge is 0.239 e. The van der Waals surface area contributed by atoms with Gasteiger partial charge in [-0.05, 0) is 30.5 Å². The Balaban J connectivity index is 2.11. The molecule has 0 radical (unpaired) electrons. The van der Waals surface area contributed by atoms with Crippen LogP contribution in [0.15, 0.2) is 47.8 Å². The van der Waals surface area contributed by atoms with E-state index in [2.05, 4.69) is 39.5 Å². The average Bonchev–Trinajstić information content (AvgIpc) is 3.07. The van der Waals surface area contributed by atoms with Crippen LogP contribution < -0.4 is 5.32 Å². The molecule has 0 aliphatic heterocycles. The molecular weight excluding hydrogens is 268 g/mol. The molecule has 20 heavy (non-hydrogen) atoms. The second-order valence-corrected chi connectivity index (χ2v) is 5.55. The van der Waals surface area contributed by atoms with E-state index in [0.29, 0.717) is 13.1 Å². The average molecular weight is 284 g/mol. The van der Waals surface area contributed by atoms with Gasteiger partial charge in [-0.15, -0.1) is 11.3 Å². The molecule has 2 heterocycles. The maximum absolute atomic E-state index is 11.9. The number of likely N-dealkylation sites (N-methyl/N-ethyl adjacent to an activating group) is 1. The van der Waals surface area contributed by atoms with Crippen LogP contribution in [0.3, 0.4) is 0 Å². The molecule has 4 heteroatoms. The fourth-order valence-electron chi connectivity index (χ4n) is 2.41. The normalized spacial score (nSPS) is 10.8. The SMILES string of the molecule is CCNC(=O)Cn1c(-c2cccs2)cc2ccccc21. The Morgan fingerprint density at radius 2 is 2.10 bits per heavy atom. The number of nitrogens with one attached hydrogen (secondary N) is 1. The Hall–Kier alpha value is -2.07. The molecule has 0 fully saturated rings. The highest BCUT2D eigenvalue weighted by Crippen LogP contribution is 2.31. The van der Waals surface area contributed by atoms with Crippen LogP contribution in [-0.2, 0) is 11.3 Å². The van der Waals surface area contributed by atoms with Crippen LogP contribution in [0, 0.1) is 0 Å². The largest absolute Gasteiger partial charge is 0.355 e. The number of para-hydroxylation sites is 1. The van der Waals surface area contributed by atoms with Crippen molar-refractivity contribution >= 4 is 28.1 Å². The minimum absolute atomic E-state index is 0.0478. The zero-order chi connectivity index (χ0) is 13.9. The van der Waals surface area contributed by atoms with E-state index in [-0.39, 0.29) is 5.91 Å². The molecule has 0 aliphatic carbocycles. The number of aromatic nitrogens is 1. The van der Waals surface area contributed by atoms with Gasteiger partial charge in [-0.3, -0.25) is 4.79 Å². The van der Waals surface area contributed by atoms with Gasteiger partial charge in [-0.25, -0.2) is 0 Å². The summed E-state index contributed by atoms with van der Waals surface area (Å²) in [5.74, 6) is 0.0478. The van der Waals surface area contributed by atoms with Crippen molar-refractivity contribution in [2.75, 3.05) is 6.54 Å². The molecular formula is C16H16N2OS. The van der Waals surface area contributed by atoms with Gasteiger partial charge in [0.1, 0.15) is 6.54 Å². The van der Waals surface area contributed by atoms with Gasteiger partial charge in [0.05, 0.1) is 10.6 Å². The standard InChI is InChI=1S/C16H16N2OS/c1-2-17-16(19)11-18-13-7-4-3-6-12(13)10-14(18)15-8-5-9-20-15/h3-10H,2,11H2,1H3,(H,17,19). The summed E-state index contributed by atoms with van der Waals surface area (Å²) in [7, 11) is 0. The van der Waals surface area contributed by atoms with Crippen molar-refractivity contribution in [2.45, 2.75) is 13.5 Å². The quantitative estimate of drug-likeness (QED) is 0.781. The first-order chi connectivity index (χ1) is 9.79. The van der Waals surface area contributed by atoms with Gasteiger partial charge in [0.15, 0.2) is 0 Å². The monoisotopic (exact) mass is 284 g/mol. The number of amides is 1. The third-order valence-electron chi connectivity index (χ3n) is 3.26. The number of carbonyl (C=O) groups is 1. The lowest BCUT2D eigenvalue weighted by atomic mass is 10.2. The minimum atomic E-state index is 0.0478. The highest BCUT2D eigenvalue weighted by Gasteiger charge is 2.13. The van der Waals surface area contributed by atoms with E-state index in [4.69, 9.17) is 0 Å². The summed E-state index contributed by atoms with van der Waals surface area (Å²) in [5.41, 5.74) is 2.20. The summed E-state index contributed by atoms with van der Waals surface area (Å²) in [6.45, 7) is 2.95. The van der Waals surface area contributed by atoms with Crippen LogP contribution in [-0.4, -0.2) is 17.0 Å². The second kappa shape index (κ2) is 5.51. The molecule has 0 aliphatic rings. The third kappa shape index (κ3) is 2.34. The van der Waals surface area contributed by atoms with Gasteiger partial charge in [0.25, 0.3) is 0 Å². The Morgan fingerprint density at radius 3 is 2.85 bits per heavy atom. The Labute approximate surface area is 121 Å². The predicted octanol–water partition coefficient (Wildman–Crippen LogP) is 3.51. The minimum Gasteiger partial charge on any atom is -0.355 e. The first-order valence-corrected chi connectivity index (χ1v) is 7.56. The fourth-order valence-corrected chi connectivity index (χ4v) is 3.16. The number of hydrogen-bond acceptors (Lipinski definition) is 2. The summed E-state index contributed by atoms with van der Waals surface area (Å²) in [5, 5.41) is 6.09. The van der Waals surface area contributed by atoms with Gasteiger partial charge in [-0.1, -0.05) is 24.3 Å². The zero-order valence-electron chi connectivity index (χ0n) is 11.3. The molecule has 2 aromatic heterocycles. The molecule has 3 nitrogen and oxygen atoms in total. The lowest BCUT2D eigenvalue weighted by Gasteiger charge is -2.09. The summed E-state index contributed by atoms with van der Waals surface area (Å²) in [4.78, 5) is 13.1.